The van der Waals surface area contributed by atoms with Crippen LogP contribution in [-0.2, 0) is 9.05 Å². The summed E-state index contributed by atoms with van der Waals surface area (Å²) in [5.74, 6) is 0.0950. The monoisotopic (exact) mass is 253 g/mol. The van der Waals surface area contributed by atoms with Gasteiger partial charge in [0.15, 0.2) is 0 Å². The SMILES string of the molecule is CC1CCCCCN1CCCS(=O)(=O)Cl. The Morgan fingerprint density at radius 1 is 1.33 bits per heavy atom. The molecule has 1 aliphatic rings. The van der Waals surface area contributed by atoms with E-state index < -0.39 is 9.05 Å². The minimum absolute atomic E-state index is 0.0950. The van der Waals surface area contributed by atoms with Crippen molar-refractivity contribution in [1.29, 1.82) is 0 Å². The van der Waals surface area contributed by atoms with E-state index in [4.69, 9.17) is 10.7 Å². The summed E-state index contributed by atoms with van der Waals surface area (Å²) in [6.45, 7) is 4.18. The van der Waals surface area contributed by atoms with Crippen LogP contribution in [0, 0.1) is 0 Å². The van der Waals surface area contributed by atoms with E-state index in [1.165, 1.54) is 25.7 Å². The van der Waals surface area contributed by atoms with Crippen molar-refractivity contribution in [2.45, 2.75) is 45.1 Å². The van der Waals surface area contributed by atoms with Crippen molar-refractivity contribution in [3.8, 4) is 0 Å². The van der Waals surface area contributed by atoms with Crippen molar-refractivity contribution in [2.75, 3.05) is 18.8 Å². The van der Waals surface area contributed by atoms with Gasteiger partial charge >= 0.3 is 0 Å². The van der Waals surface area contributed by atoms with Crippen molar-refractivity contribution in [2.24, 2.45) is 0 Å². The summed E-state index contributed by atoms with van der Waals surface area (Å²) in [6.07, 6.45) is 5.71. The zero-order valence-corrected chi connectivity index (χ0v) is 10.9. The summed E-state index contributed by atoms with van der Waals surface area (Å²) in [5, 5.41) is 0. The van der Waals surface area contributed by atoms with Crippen LogP contribution in [0.4, 0.5) is 0 Å². The molecule has 0 amide bonds. The van der Waals surface area contributed by atoms with Gasteiger partial charge in [0.25, 0.3) is 0 Å². The summed E-state index contributed by atoms with van der Waals surface area (Å²) >= 11 is 0. The predicted octanol–water partition coefficient (Wildman–Crippen LogP) is 2.21. The molecule has 0 aromatic carbocycles. The van der Waals surface area contributed by atoms with E-state index in [0.717, 1.165) is 13.1 Å². The number of likely N-dealkylation sites (tertiary alicyclic amines) is 1. The van der Waals surface area contributed by atoms with Crippen molar-refractivity contribution in [1.82, 2.24) is 4.90 Å². The van der Waals surface area contributed by atoms with Crippen molar-refractivity contribution in [3.05, 3.63) is 0 Å². The average Bonchev–Trinajstić information content (AvgIpc) is 2.30. The first kappa shape index (κ1) is 13.3. The van der Waals surface area contributed by atoms with E-state index in [1.54, 1.807) is 0 Å². The van der Waals surface area contributed by atoms with Crippen LogP contribution in [0.1, 0.15) is 39.0 Å². The van der Waals surface area contributed by atoms with Gasteiger partial charge in [0.05, 0.1) is 5.75 Å². The molecule has 0 aromatic heterocycles. The maximum absolute atomic E-state index is 10.8. The fraction of sp³-hybridized carbons (Fsp3) is 1.00. The zero-order valence-electron chi connectivity index (χ0n) is 9.28. The predicted molar refractivity (Wildman–Crippen MR) is 63.8 cm³/mol. The highest BCUT2D eigenvalue weighted by molar-refractivity contribution is 8.13. The third kappa shape index (κ3) is 5.73. The third-order valence-corrected chi connectivity index (χ3v) is 4.26. The maximum atomic E-state index is 10.8. The van der Waals surface area contributed by atoms with Crippen LogP contribution in [0.5, 0.6) is 0 Å². The molecule has 1 rings (SSSR count). The van der Waals surface area contributed by atoms with Gasteiger partial charge in [-0.3, -0.25) is 0 Å². The van der Waals surface area contributed by atoms with Gasteiger partial charge in [0.1, 0.15) is 0 Å². The quantitative estimate of drug-likeness (QED) is 0.721. The van der Waals surface area contributed by atoms with Gasteiger partial charge < -0.3 is 4.90 Å². The molecule has 1 saturated heterocycles. The second kappa shape index (κ2) is 6.06. The van der Waals surface area contributed by atoms with Gasteiger partial charge in [0.2, 0.25) is 9.05 Å². The second-order valence-corrected chi connectivity index (χ2v) is 7.23. The van der Waals surface area contributed by atoms with Crippen molar-refractivity contribution < 1.29 is 8.42 Å². The van der Waals surface area contributed by atoms with Crippen LogP contribution in [0.15, 0.2) is 0 Å². The lowest BCUT2D eigenvalue weighted by atomic mass is 10.1. The Kier molecular flexibility index (Phi) is 5.36. The molecule has 1 unspecified atom stereocenters. The first-order valence-corrected chi connectivity index (χ1v) is 8.13. The van der Waals surface area contributed by atoms with Gasteiger partial charge in [-0.25, -0.2) is 8.42 Å². The number of hydrogen-bond donors (Lipinski definition) is 0. The van der Waals surface area contributed by atoms with E-state index in [-0.39, 0.29) is 5.75 Å². The maximum Gasteiger partial charge on any atom is 0.232 e. The van der Waals surface area contributed by atoms with Gasteiger partial charge in [-0.05, 0) is 39.3 Å². The highest BCUT2D eigenvalue weighted by atomic mass is 35.7. The molecule has 0 radical (unpaired) electrons. The highest BCUT2D eigenvalue weighted by Gasteiger charge is 2.16. The number of nitrogens with zero attached hydrogens (tertiary/aromatic N) is 1. The van der Waals surface area contributed by atoms with E-state index in [1.807, 2.05) is 0 Å². The fourth-order valence-electron chi connectivity index (χ4n) is 2.11. The van der Waals surface area contributed by atoms with Crippen LogP contribution < -0.4 is 0 Å². The molecule has 15 heavy (non-hydrogen) atoms. The zero-order chi connectivity index (χ0) is 11.3. The standard InChI is InChI=1S/C10H20ClNO2S/c1-10-6-3-2-4-7-12(10)8-5-9-15(11,13)14/h10H,2-9H2,1H3. The Hall–Kier alpha value is 0.200. The fourth-order valence-corrected chi connectivity index (χ4v) is 2.91. The largest absolute Gasteiger partial charge is 0.301 e. The molecule has 1 fully saturated rings. The molecule has 0 aromatic rings. The minimum Gasteiger partial charge on any atom is -0.301 e. The Balaban J connectivity index is 2.29. The van der Waals surface area contributed by atoms with E-state index in [2.05, 4.69) is 11.8 Å². The first-order chi connectivity index (χ1) is 6.99. The molecule has 0 N–H and O–H groups in total. The third-order valence-electron chi connectivity index (χ3n) is 3.02. The van der Waals surface area contributed by atoms with Gasteiger partial charge in [-0.1, -0.05) is 12.8 Å². The van der Waals surface area contributed by atoms with Crippen LogP contribution in [0.2, 0.25) is 0 Å². The number of halogens is 1. The number of hydrogen-bond acceptors (Lipinski definition) is 3. The van der Waals surface area contributed by atoms with Gasteiger partial charge in [0, 0.05) is 16.7 Å². The summed E-state index contributed by atoms with van der Waals surface area (Å²) in [7, 11) is 1.87. The minimum atomic E-state index is -3.31. The second-order valence-electron chi connectivity index (χ2n) is 4.33. The highest BCUT2D eigenvalue weighted by Crippen LogP contribution is 2.16. The molecule has 0 saturated carbocycles. The van der Waals surface area contributed by atoms with Crippen LogP contribution in [-0.4, -0.2) is 38.2 Å². The van der Waals surface area contributed by atoms with Crippen molar-refractivity contribution in [3.63, 3.8) is 0 Å². The lowest BCUT2D eigenvalue weighted by molar-refractivity contribution is 0.214. The summed E-state index contributed by atoms with van der Waals surface area (Å²) < 4.78 is 21.5. The molecule has 3 nitrogen and oxygen atoms in total. The molecule has 5 heteroatoms. The summed E-state index contributed by atoms with van der Waals surface area (Å²) in [6, 6.07) is 0.588. The van der Waals surface area contributed by atoms with E-state index >= 15 is 0 Å². The van der Waals surface area contributed by atoms with Crippen LogP contribution in [0.25, 0.3) is 0 Å². The molecule has 90 valence electrons. The molecule has 0 spiro atoms. The first-order valence-electron chi connectivity index (χ1n) is 5.65. The Morgan fingerprint density at radius 3 is 2.73 bits per heavy atom. The lowest BCUT2D eigenvalue weighted by Crippen LogP contribution is -2.34. The van der Waals surface area contributed by atoms with Crippen molar-refractivity contribution >= 4 is 19.7 Å². The summed E-state index contributed by atoms with van der Waals surface area (Å²) in [4.78, 5) is 2.38. The normalized spacial score (nSPS) is 25.1. The van der Waals surface area contributed by atoms with Gasteiger partial charge in [-0.15, -0.1) is 0 Å². The molecule has 1 heterocycles. The van der Waals surface area contributed by atoms with Gasteiger partial charge in [-0.2, -0.15) is 0 Å². The Bertz CT molecular complexity index is 279. The Morgan fingerprint density at radius 2 is 2.07 bits per heavy atom. The molecule has 1 atom stereocenters. The van der Waals surface area contributed by atoms with Crippen LogP contribution in [0.3, 0.4) is 0 Å². The van der Waals surface area contributed by atoms with Crippen LogP contribution >= 0.6 is 10.7 Å². The summed E-state index contributed by atoms with van der Waals surface area (Å²) in [5.41, 5.74) is 0. The molecule has 0 bridgehead atoms. The molecule has 1 aliphatic heterocycles. The van der Waals surface area contributed by atoms with E-state index in [0.29, 0.717) is 12.5 Å². The number of rotatable bonds is 4. The topological polar surface area (TPSA) is 37.4 Å². The average molecular weight is 254 g/mol. The molecular formula is C10H20ClNO2S. The smallest absolute Gasteiger partial charge is 0.232 e. The lowest BCUT2D eigenvalue weighted by Gasteiger charge is -2.26. The molecular weight excluding hydrogens is 234 g/mol. The Labute approximate surface area is 97.2 Å². The molecule has 0 aliphatic carbocycles. The van der Waals surface area contributed by atoms with E-state index in [9.17, 15) is 8.42 Å².